The van der Waals surface area contributed by atoms with E-state index in [1.54, 1.807) is 0 Å². The van der Waals surface area contributed by atoms with Gasteiger partial charge in [-0.2, -0.15) is 8.42 Å². The summed E-state index contributed by atoms with van der Waals surface area (Å²) >= 11 is 17.6. The SMILES string of the molecule is CCc1ncc(S(=O)(=O)Nc2cc(Cl)c(Cl)cc2Cl)[nH]1. The molecular formula is C11H10Cl3N3O2S. The number of nitrogens with one attached hydrogen (secondary N) is 2. The highest BCUT2D eigenvalue weighted by molar-refractivity contribution is 7.92. The lowest BCUT2D eigenvalue weighted by Gasteiger charge is -2.09. The number of imidazole rings is 1. The van der Waals surface area contributed by atoms with Crippen molar-refractivity contribution in [2.75, 3.05) is 4.72 Å². The summed E-state index contributed by atoms with van der Waals surface area (Å²) in [5.74, 6) is 0.575. The molecule has 0 fully saturated rings. The maximum atomic E-state index is 12.2. The Morgan fingerprint density at radius 1 is 1.20 bits per heavy atom. The summed E-state index contributed by atoms with van der Waals surface area (Å²) in [5.41, 5.74) is 0.147. The standard InChI is InChI=1S/C11H10Cl3N3O2S/c1-2-10-15-5-11(16-10)20(18,19)17-9-4-7(13)6(12)3-8(9)14/h3-5,17H,2H2,1H3,(H,15,16). The van der Waals surface area contributed by atoms with Gasteiger partial charge in [-0.1, -0.05) is 41.7 Å². The Labute approximate surface area is 131 Å². The second kappa shape index (κ2) is 5.81. The summed E-state index contributed by atoms with van der Waals surface area (Å²) < 4.78 is 26.7. The molecule has 0 atom stereocenters. The number of H-pyrrole nitrogens is 1. The number of aryl methyl sites for hydroxylation is 1. The summed E-state index contributed by atoms with van der Waals surface area (Å²) in [4.78, 5) is 6.65. The average Bonchev–Trinajstić information content (AvgIpc) is 2.85. The van der Waals surface area contributed by atoms with Gasteiger partial charge >= 0.3 is 0 Å². The molecule has 0 aliphatic rings. The van der Waals surface area contributed by atoms with Crippen molar-refractivity contribution in [2.24, 2.45) is 0 Å². The molecule has 1 aromatic carbocycles. The lowest BCUT2D eigenvalue weighted by Crippen LogP contribution is -2.13. The molecule has 0 spiro atoms. The van der Waals surface area contributed by atoms with E-state index in [0.29, 0.717) is 12.2 Å². The molecule has 108 valence electrons. The number of hydrogen-bond donors (Lipinski definition) is 2. The van der Waals surface area contributed by atoms with Crippen LogP contribution in [0.2, 0.25) is 15.1 Å². The molecule has 2 aromatic rings. The molecule has 0 aliphatic heterocycles. The lowest BCUT2D eigenvalue weighted by molar-refractivity contribution is 0.598. The predicted octanol–water partition coefficient (Wildman–Crippen LogP) is 3.73. The highest BCUT2D eigenvalue weighted by Gasteiger charge is 2.19. The van der Waals surface area contributed by atoms with Gasteiger partial charge in [0.25, 0.3) is 10.0 Å². The molecular weight excluding hydrogens is 345 g/mol. The second-order valence-corrected chi connectivity index (χ2v) is 6.77. The van der Waals surface area contributed by atoms with E-state index >= 15 is 0 Å². The first kappa shape index (κ1) is 15.4. The van der Waals surface area contributed by atoms with Crippen molar-refractivity contribution in [3.05, 3.63) is 39.2 Å². The highest BCUT2D eigenvalue weighted by Crippen LogP contribution is 2.33. The molecule has 5 nitrogen and oxygen atoms in total. The number of aromatic amines is 1. The van der Waals surface area contributed by atoms with Gasteiger partial charge in [0.1, 0.15) is 5.82 Å². The third-order valence-electron chi connectivity index (χ3n) is 2.48. The average molecular weight is 355 g/mol. The zero-order valence-electron chi connectivity index (χ0n) is 10.2. The van der Waals surface area contributed by atoms with E-state index in [4.69, 9.17) is 34.8 Å². The summed E-state index contributed by atoms with van der Waals surface area (Å²) in [6, 6.07) is 2.72. The molecule has 20 heavy (non-hydrogen) atoms. The Balaban J connectivity index is 2.35. The number of halogens is 3. The molecule has 0 amide bonds. The molecule has 0 bridgehead atoms. The fourth-order valence-corrected chi connectivity index (χ4v) is 3.12. The van der Waals surface area contributed by atoms with Crippen LogP contribution in [0.3, 0.4) is 0 Å². The topological polar surface area (TPSA) is 74.8 Å². The number of hydrogen-bond acceptors (Lipinski definition) is 3. The maximum absolute atomic E-state index is 12.2. The second-order valence-electron chi connectivity index (χ2n) is 3.90. The molecule has 1 aromatic heterocycles. The van der Waals surface area contributed by atoms with Crippen LogP contribution in [-0.4, -0.2) is 18.4 Å². The largest absolute Gasteiger partial charge is 0.332 e. The third-order valence-corrected chi connectivity index (χ3v) is 4.79. The van der Waals surface area contributed by atoms with Gasteiger partial charge in [-0.3, -0.25) is 4.72 Å². The van der Waals surface area contributed by atoms with Crippen molar-refractivity contribution in [2.45, 2.75) is 18.4 Å². The summed E-state index contributed by atoms with van der Waals surface area (Å²) in [6.45, 7) is 1.86. The molecule has 9 heteroatoms. The van der Waals surface area contributed by atoms with Crippen LogP contribution in [0.1, 0.15) is 12.7 Å². The minimum absolute atomic E-state index is 0.0449. The number of anilines is 1. The highest BCUT2D eigenvalue weighted by atomic mass is 35.5. The van der Waals surface area contributed by atoms with Crippen LogP contribution < -0.4 is 4.72 Å². The van der Waals surface area contributed by atoms with Gasteiger partial charge in [0.15, 0.2) is 5.03 Å². The van der Waals surface area contributed by atoms with Crippen LogP contribution in [-0.2, 0) is 16.4 Å². The lowest BCUT2D eigenvalue weighted by atomic mass is 10.3. The van der Waals surface area contributed by atoms with Gasteiger partial charge in [-0.05, 0) is 12.1 Å². The van der Waals surface area contributed by atoms with E-state index in [9.17, 15) is 8.42 Å². The molecule has 0 saturated heterocycles. The number of benzene rings is 1. The molecule has 0 radical (unpaired) electrons. The Hall–Kier alpha value is -0.950. The predicted molar refractivity (Wildman–Crippen MR) is 80.2 cm³/mol. The first-order valence-corrected chi connectivity index (χ1v) is 8.16. The van der Waals surface area contributed by atoms with Gasteiger partial charge in [-0.15, -0.1) is 0 Å². The molecule has 1 heterocycles. The van der Waals surface area contributed by atoms with E-state index in [1.807, 2.05) is 6.92 Å². The van der Waals surface area contributed by atoms with Crippen LogP contribution in [0.15, 0.2) is 23.4 Å². The summed E-state index contributed by atoms with van der Waals surface area (Å²) in [7, 11) is -3.81. The van der Waals surface area contributed by atoms with Gasteiger partial charge in [0, 0.05) is 6.42 Å². The van der Waals surface area contributed by atoms with E-state index in [-0.39, 0.29) is 25.8 Å². The molecule has 0 saturated carbocycles. The van der Waals surface area contributed by atoms with E-state index in [2.05, 4.69) is 14.7 Å². The third kappa shape index (κ3) is 3.20. The first-order valence-electron chi connectivity index (χ1n) is 5.54. The normalized spacial score (nSPS) is 11.6. The van der Waals surface area contributed by atoms with Crippen molar-refractivity contribution >= 4 is 50.5 Å². The molecule has 0 unspecified atom stereocenters. The van der Waals surface area contributed by atoms with Gasteiger partial charge in [0.05, 0.1) is 27.0 Å². The van der Waals surface area contributed by atoms with Crippen molar-refractivity contribution in [1.82, 2.24) is 9.97 Å². The van der Waals surface area contributed by atoms with E-state index in [0.717, 1.165) is 0 Å². The quantitative estimate of drug-likeness (QED) is 0.821. The van der Waals surface area contributed by atoms with Crippen molar-refractivity contribution in [3.8, 4) is 0 Å². The molecule has 0 aliphatic carbocycles. The number of nitrogens with zero attached hydrogens (tertiary/aromatic N) is 1. The Kier molecular flexibility index (Phi) is 4.49. The first-order chi connectivity index (χ1) is 9.33. The van der Waals surface area contributed by atoms with Crippen molar-refractivity contribution in [1.29, 1.82) is 0 Å². The minimum atomic E-state index is -3.81. The zero-order chi connectivity index (χ0) is 14.9. The van der Waals surface area contributed by atoms with Crippen molar-refractivity contribution in [3.63, 3.8) is 0 Å². The smallest absolute Gasteiger partial charge is 0.279 e. The van der Waals surface area contributed by atoms with Crippen LogP contribution in [0.5, 0.6) is 0 Å². The Morgan fingerprint density at radius 3 is 2.45 bits per heavy atom. The van der Waals surface area contributed by atoms with E-state index < -0.39 is 10.0 Å². The fourth-order valence-electron chi connectivity index (χ4n) is 1.46. The van der Waals surface area contributed by atoms with Crippen LogP contribution in [0.4, 0.5) is 5.69 Å². The number of aromatic nitrogens is 2. The summed E-state index contributed by atoms with van der Waals surface area (Å²) in [6.07, 6.45) is 1.84. The van der Waals surface area contributed by atoms with E-state index in [1.165, 1.54) is 18.3 Å². The maximum Gasteiger partial charge on any atom is 0.279 e. The Bertz CT molecular complexity index is 743. The fraction of sp³-hybridized carbons (Fsp3) is 0.182. The van der Waals surface area contributed by atoms with Crippen LogP contribution >= 0.6 is 34.8 Å². The Morgan fingerprint density at radius 2 is 1.85 bits per heavy atom. The van der Waals surface area contributed by atoms with Crippen molar-refractivity contribution < 1.29 is 8.42 Å². The minimum Gasteiger partial charge on any atom is -0.332 e. The number of rotatable bonds is 4. The van der Waals surface area contributed by atoms with Gasteiger partial charge in [0.2, 0.25) is 0 Å². The van der Waals surface area contributed by atoms with Gasteiger partial charge < -0.3 is 4.98 Å². The number of sulfonamides is 1. The monoisotopic (exact) mass is 353 g/mol. The summed E-state index contributed by atoms with van der Waals surface area (Å²) in [5, 5.41) is 0.553. The molecule has 2 N–H and O–H groups in total. The molecule has 2 rings (SSSR count). The van der Waals surface area contributed by atoms with Crippen LogP contribution in [0, 0.1) is 0 Å². The van der Waals surface area contributed by atoms with Gasteiger partial charge in [-0.25, -0.2) is 4.98 Å². The zero-order valence-corrected chi connectivity index (χ0v) is 13.3. The van der Waals surface area contributed by atoms with Crippen LogP contribution in [0.25, 0.3) is 0 Å².